The molecule has 1 aromatic carbocycles. The molecule has 3 aromatic rings. The monoisotopic (exact) mass is 358 g/mol. The van der Waals surface area contributed by atoms with E-state index < -0.39 is 0 Å². The number of rotatable bonds is 6. The molecular weight excluding hydrogens is 340 g/mol. The molecule has 2 heterocycles. The van der Waals surface area contributed by atoms with Crippen molar-refractivity contribution in [1.29, 1.82) is 0 Å². The predicted octanol–water partition coefficient (Wildman–Crippen LogP) is 3.40. The SMILES string of the molecule is COC(=O)c1ccc(N(C)CCCn2ccc3c(Cl)ncnc32)cc1. The largest absolute Gasteiger partial charge is 0.465 e. The minimum atomic E-state index is -0.325. The van der Waals surface area contributed by atoms with Crippen molar-refractivity contribution in [3.8, 4) is 0 Å². The van der Waals surface area contributed by atoms with Gasteiger partial charge in [-0.15, -0.1) is 0 Å². The Hall–Kier alpha value is -2.60. The summed E-state index contributed by atoms with van der Waals surface area (Å²) in [7, 11) is 3.41. The number of methoxy groups -OCH3 is 1. The van der Waals surface area contributed by atoms with E-state index in [1.807, 2.05) is 31.4 Å². The van der Waals surface area contributed by atoms with Crippen LogP contribution in [-0.2, 0) is 11.3 Å². The topological polar surface area (TPSA) is 60.2 Å². The molecule has 0 bridgehead atoms. The summed E-state index contributed by atoms with van der Waals surface area (Å²) in [6, 6.07) is 9.33. The molecule has 0 spiro atoms. The van der Waals surface area contributed by atoms with Gasteiger partial charge in [0.25, 0.3) is 0 Å². The van der Waals surface area contributed by atoms with Gasteiger partial charge in [0.15, 0.2) is 0 Å². The van der Waals surface area contributed by atoms with Gasteiger partial charge in [0, 0.05) is 32.0 Å². The zero-order valence-corrected chi connectivity index (χ0v) is 14.9. The van der Waals surface area contributed by atoms with Crippen molar-refractivity contribution in [2.75, 3.05) is 25.6 Å². The van der Waals surface area contributed by atoms with E-state index in [0.717, 1.165) is 36.2 Å². The van der Waals surface area contributed by atoms with Gasteiger partial charge in [0.1, 0.15) is 17.1 Å². The highest BCUT2D eigenvalue weighted by atomic mass is 35.5. The molecule has 130 valence electrons. The van der Waals surface area contributed by atoms with Gasteiger partial charge < -0.3 is 14.2 Å². The van der Waals surface area contributed by atoms with Crippen LogP contribution in [0.5, 0.6) is 0 Å². The fourth-order valence-corrected chi connectivity index (χ4v) is 2.92. The summed E-state index contributed by atoms with van der Waals surface area (Å²) in [5, 5.41) is 1.35. The fourth-order valence-electron chi connectivity index (χ4n) is 2.73. The second-order valence-corrected chi connectivity index (χ2v) is 6.08. The molecule has 3 rings (SSSR count). The average molecular weight is 359 g/mol. The Labute approximate surface area is 151 Å². The summed E-state index contributed by atoms with van der Waals surface area (Å²) < 4.78 is 6.79. The molecule has 0 amide bonds. The lowest BCUT2D eigenvalue weighted by Gasteiger charge is -2.19. The molecule has 0 aliphatic carbocycles. The quantitative estimate of drug-likeness (QED) is 0.499. The molecule has 25 heavy (non-hydrogen) atoms. The van der Waals surface area contributed by atoms with Crippen LogP contribution in [0.1, 0.15) is 16.8 Å². The van der Waals surface area contributed by atoms with Crippen LogP contribution in [0.15, 0.2) is 42.9 Å². The predicted molar refractivity (Wildman–Crippen MR) is 98.2 cm³/mol. The summed E-state index contributed by atoms with van der Waals surface area (Å²) in [6.07, 6.45) is 4.41. The first-order valence-corrected chi connectivity index (χ1v) is 8.33. The number of halogens is 1. The molecule has 7 heteroatoms. The Balaban J connectivity index is 1.59. The van der Waals surface area contributed by atoms with Crippen molar-refractivity contribution in [2.24, 2.45) is 0 Å². The molecule has 0 aliphatic heterocycles. The lowest BCUT2D eigenvalue weighted by atomic mass is 10.2. The zero-order valence-electron chi connectivity index (χ0n) is 14.1. The number of aryl methyl sites for hydroxylation is 1. The van der Waals surface area contributed by atoms with Crippen LogP contribution in [0, 0.1) is 0 Å². The van der Waals surface area contributed by atoms with Crippen LogP contribution in [0.3, 0.4) is 0 Å². The second-order valence-electron chi connectivity index (χ2n) is 5.72. The number of carbonyl (C=O) groups is 1. The van der Waals surface area contributed by atoms with Gasteiger partial charge in [0.2, 0.25) is 0 Å². The van der Waals surface area contributed by atoms with Crippen molar-refractivity contribution >= 4 is 34.3 Å². The third-order valence-corrected chi connectivity index (χ3v) is 4.43. The molecule has 0 atom stereocenters. The Morgan fingerprint density at radius 1 is 1.24 bits per heavy atom. The molecule has 0 radical (unpaired) electrons. The molecule has 6 nitrogen and oxygen atoms in total. The van der Waals surface area contributed by atoms with Crippen LogP contribution in [-0.4, -0.2) is 41.2 Å². The Bertz CT molecular complexity index is 876. The number of fused-ring (bicyclic) bond motifs is 1. The fraction of sp³-hybridized carbons (Fsp3) is 0.278. The highest BCUT2D eigenvalue weighted by Gasteiger charge is 2.08. The first-order chi connectivity index (χ1) is 12.1. The van der Waals surface area contributed by atoms with Gasteiger partial charge in [-0.3, -0.25) is 0 Å². The minimum Gasteiger partial charge on any atom is -0.465 e. The van der Waals surface area contributed by atoms with Gasteiger partial charge in [0.05, 0.1) is 18.1 Å². The van der Waals surface area contributed by atoms with E-state index in [9.17, 15) is 4.79 Å². The van der Waals surface area contributed by atoms with Gasteiger partial charge in [-0.2, -0.15) is 0 Å². The van der Waals surface area contributed by atoms with Gasteiger partial charge >= 0.3 is 5.97 Å². The first-order valence-electron chi connectivity index (χ1n) is 7.95. The maximum absolute atomic E-state index is 11.5. The van der Waals surface area contributed by atoms with Crippen LogP contribution in [0.4, 0.5) is 5.69 Å². The van der Waals surface area contributed by atoms with Crippen LogP contribution in [0.25, 0.3) is 11.0 Å². The van der Waals surface area contributed by atoms with Crippen LogP contribution >= 0.6 is 11.6 Å². The van der Waals surface area contributed by atoms with E-state index >= 15 is 0 Å². The van der Waals surface area contributed by atoms with Gasteiger partial charge in [-0.25, -0.2) is 14.8 Å². The van der Waals surface area contributed by atoms with Crippen molar-refractivity contribution < 1.29 is 9.53 Å². The summed E-state index contributed by atoms with van der Waals surface area (Å²) >= 11 is 6.07. The number of aromatic nitrogens is 3. The molecule has 0 N–H and O–H groups in total. The van der Waals surface area contributed by atoms with Gasteiger partial charge in [-0.1, -0.05) is 11.6 Å². The highest BCUT2D eigenvalue weighted by molar-refractivity contribution is 6.33. The van der Waals surface area contributed by atoms with E-state index in [0.29, 0.717) is 10.7 Å². The van der Waals surface area contributed by atoms with Crippen LogP contribution < -0.4 is 4.90 Å². The molecule has 2 aromatic heterocycles. The van der Waals surface area contributed by atoms with Crippen molar-refractivity contribution in [1.82, 2.24) is 14.5 Å². The van der Waals surface area contributed by atoms with Crippen molar-refractivity contribution in [3.63, 3.8) is 0 Å². The van der Waals surface area contributed by atoms with E-state index in [1.54, 1.807) is 12.1 Å². The normalized spacial score (nSPS) is 10.8. The molecule has 0 unspecified atom stereocenters. The summed E-state index contributed by atoms with van der Waals surface area (Å²) in [4.78, 5) is 21.9. The number of ether oxygens (including phenoxy) is 1. The van der Waals surface area contributed by atoms with E-state index in [2.05, 4.69) is 19.4 Å². The second kappa shape index (κ2) is 7.53. The molecule has 0 saturated carbocycles. The highest BCUT2D eigenvalue weighted by Crippen LogP contribution is 2.20. The van der Waals surface area contributed by atoms with E-state index in [1.165, 1.54) is 13.4 Å². The number of carbonyl (C=O) groups excluding carboxylic acids is 1. The third-order valence-electron chi connectivity index (χ3n) is 4.13. The minimum absolute atomic E-state index is 0.325. The lowest BCUT2D eigenvalue weighted by Crippen LogP contribution is -2.20. The number of hydrogen-bond acceptors (Lipinski definition) is 5. The zero-order chi connectivity index (χ0) is 17.8. The summed E-state index contributed by atoms with van der Waals surface area (Å²) in [5.41, 5.74) is 2.45. The number of hydrogen-bond donors (Lipinski definition) is 0. The van der Waals surface area contributed by atoms with Crippen molar-refractivity contribution in [2.45, 2.75) is 13.0 Å². The molecule has 0 fully saturated rings. The van der Waals surface area contributed by atoms with Crippen LogP contribution in [0.2, 0.25) is 5.15 Å². The molecule has 0 aliphatic rings. The van der Waals surface area contributed by atoms with E-state index in [4.69, 9.17) is 16.3 Å². The van der Waals surface area contributed by atoms with Crippen molar-refractivity contribution in [3.05, 3.63) is 53.6 Å². The third kappa shape index (κ3) is 3.74. The lowest BCUT2D eigenvalue weighted by molar-refractivity contribution is 0.0601. The smallest absolute Gasteiger partial charge is 0.337 e. The number of nitrogens with zero attached hydrogens (tertiary/aromatic N) is 4. The Kier molecular flexibility index (Phi) is 5.19. The number of anilines is 1. The summed E-state index contributed by atoms with van der Waals surface area (Å²) in [6.45, 7) is 1.71. The van der Waals surface area contributed by atoms with Gasteiger partial charge in [-0.05, 0) is 36.8 Å². The maximum atomic E-state index is 11.5. The molecule has 0 saturated heterocycles. The Morgan fingerprint density at radius 2 is 2.00 bits per heavy atom. The number of benzene rings is 1. The Morgan fingerprint density at radius 3 is 2.72 bits per heavy atom. The standard InChI is InChI=1S/C18H19ClN4O2/c1-22(14-6-4-13(5-7-14)18(24)25-2)9-3-10-23-11-8-15-16(19)20-12-21-17(15)23/h4-8,11-12H,3,9-10H2,1-2H3. The summed E-state index contributed by atoms with van der Waals surface area (Å²) in [5.74, 6) is -0.325. The maximum Gasteiger partial charge on any atom is 0.337 e. The molecular formula is C18H19ClN4O2. The first kappa shape index (κ1) is 17.2. The number of esters is 1. The average Bonchev–Trinajstić information content (AvgIpc) is 3.05. The van der Waals surface area contributed by atoms with E-state index in [-0.39, 0.29) is 5.97 Å².